The van der Waals surface area contributed by atoms with Crippen LogP contribution in [0.25, 0.3) is 0 Å². The van der Waals surface area contributed by atoms with Crippen molar-refractivity contribution in [1.82, 2.24) is 14.8 Å². The average Bonchev–Trinajstić information content (AvgIpc) is 2.95. The van der Waals surface area contributed by atoms with E-state index < -0.39 is 0 Å². The molecule has 2 aliphatic rings. The van der Waals surface area contributed by atoms with Gasteiger partial charge in [-0.25, -0.2) is 0 Å². The van der Waals surface area contributed by atoms with E-state index in [9.17, 15) is 4.79 Å². The van der Waals surface area contributed by atoms with Gasteiger partial charge in [-0.15, -0.1) is 0 Å². The van der Waals surface area contributed by atoms with E-state index in [0.717, 1.165) is 13.1 Å². The summed E-state index contributed by atoms with van der Waals surface area (Å²) < 4.78 is 0. The van der Waals surface area contributed by atoms with Crippen LogP contribution in [0.2, 0.25) is 0 Å². The van der Waals surface area contributed by atoms with Crippen LogP contribution < -0.4 is 5.73 Å². The second-order valence-electron chi connectivity index (χ2n) is 5.44. The number of amides is 1. The van der Waals surface area contributed by atoms with Gasteiger partial charge >= 0.3 is 0 Å². The molecule has 2 fully saturated rings. The molecule has 3 N–H and O–H groups in total. The number of nitrogens with one attached hydrogen (secondary N) is 1. The zero-order valence-corrected chi connectivity index (χ0v) is 10.7. The van der Waals surface area contributed by atoms with Gasteiger partial charge in [-0.3, -0.25) is 9.69 Å². The van der Waals surface area contributed by atoms with Crippen LogP contribution in [0, 0.1) is 0 Å². The van der Waals surface area contributed by atoms with Crippen molar-refractivity contribution in [3.63, 3.8) is 0 Å². The first-order valence-electron chi connectivity index (χ1n) is 6.64. The number of nitrogen functional groups attached to an aromatic ring is 1. The van der Waals surface area contributed by atoms with Gasteiger partial charge in [0.15, 0.2) is 0 Å². The Balaban J connectivity index is 1.77. The molecule has 3 heterocycles. The van der Waals surface area contributed by atoms with Gasteiger partial charge in [-0.1, -0.05) is 0 Å². The Bertz CT molecular complexity index is 456. The van der Waals surface area contributed by atoms with Crippen LogP contribution in [0.3, 0.4) is 0 Å². The third-order valence-electron chi connectivity index (χ3n) is 4.13. The van der Waals surface area contributed by atoms with E-state index in [2.05, 4.69) is 16.8 Å². The zero-order chi connectivity index (χ0) is 12.7. The molecule has 0 bridgehead atoms. The molecule has 98 valence electrons. The minimum absolute atomic E-state index is 0.0748. The van der Waals surface area contributed by atoms with Gasteiger partial charge in [0.2, 0.25) is 0 Å². The number of nitrogens with zero attached hydrogens (tertiary/aromatic N) is 2. The number of H-pyrrole nitrogens is 1. The Morgan fingerprint density at radius 2 is 2.33 bits per heavy atom. The van der Waals surface area contributed by atoms with Gasteiger partial charge in [0, 0.05) is 37.1 Å². The van der Waals surface area contributed by atoms with E-state index in [-0.39, 0.29) is 11.9 Å². The van der Waals surface area contributed by atoms with Crippen LogP contribution in [-0.2, 0) is 0 Å². The maximum atomic E-state index is 12.4. The van der Waals surface area contributed by atoms with Crippen LogP contribution in [-0.4, -0.2) is 52.4 Å². The van der Waals surface area contributed by atoms with Crippen LogP contribution >= 0.6 is 0 Å². The summed E-state index contributed by atoms with van der Waals surface area (Å²) in [4.78, 5) is 19.9. The highest BCUT2D eigenvalue weighted by Crippen LogP contribution is 2.25. The molecular weight excluding hydrogens is 228 g/mol. The summed E-state index contributed by atoms with van der Waals surface area (Å²) >= 11 is 0. The van der Waals surface area contributed by atoms with Crippen molar-refractivity contribution in [2.75, 3.05) is 25.4 Å². The van der Waals surface area contributed by atoms with E-state index in [0.29, 0.717) is 17.4 Å². The number of piperazine rings is 1. The normalized spacial score (nSPS) is 28.4. The maximum Gasteiger partial charge on any atom is 0.270 e. The zero-order valence-electron chi connectivity index (χ0n) is 10.7. The van der Waals surface area contributed by atoms with Crippen molar-refractivity contribution >= 4 is 11.6 Å². The Kier molecular flexibility index (Phi) is 2.78. The van der Waals surface area contributed by atoms with Crippen molar-refractivity contribution in [2.24, 2.45) is 0 Å². The van der Waals surface area contributed by atoms with E-state index >= 15 is 0 Å². The fourth-order valence-electron chi connectivity index (χ4n) is 3.16. The summed E-state index contributed by atoms with van der Waals surface area (Å²) in [5.74, 6) is 0.0748. The molecule has 2 aliphatic heterocycles. The SMILES string of the molecule is CC1CN2CCCC2CN1C(=O)c1cc(N)c[nH]1. The van der Waals surface area contributed by atoms with E-state index in [4.69, 9.17) is 5.73 Å². The first-order valence-corrected chi connectivity index (χ1v) is 6.64. The van der Waals surface area contributed by atoms with E-state index in [1.165, 1.54) is 19.4 Å². The van der Waals surface area contributed by atoms with Crippen molar-refractivity contribution in [3.8, 4) is 0 Å². The molecule has 2 saturated heterocycles. The number of hydrogen-bond donors (Lipinski definition) is 2. The predicted octanol–water partition coefficient (Wildman–Crippen LogP) is 0.906. The highest BCUT2D eigenvalue weighted by atomic mass is 16.2. The third kappa shape index (κ3) is 1.88. The lowest BCUT2D eigenvalue weighted by atomic mass is 10.1. The van der Waals surface area contributed by atoms with Gasteiger partial charge in [0.05, 0.1) is 0 Å². The number of anilines is 1. The number of fused-ring (bicyclic) bond motifs is 1. The number of aromatic amines is 1. The summed E-state index contributed by atoms with van der Waals surface area (Å²) in [6.07, 6.45) is 4.14. The predicted molar refractivity (Wildman–Crippen MR) is 70.3 cm³/mol. The van der Waals surface area contributed by atoms with Gasteiger partial charge < -0.3 is 15.6 Å². The number of rotatable bonds is 1. The fourth-order valence-corrected chi connectivity index (χ4v) is 3.16. The molecule has 1 amide bonds. The summed E-state index contributed by atoms with van der Waals surface area (Å²) in [6.45, 7) is 5.15. The standard InChI is InChI=1S/C13H20N4O/c1-9-7-16-4-2-3-11(16)8-17(9)13(18)12-5-10(14)6-15-12/h5-6,9,11,15H,2-4,7-8,14H2,1H3. The molecule has 5 nitrogen and oxygen atoms in total. The van der Waals surface area contributed by atoms with Crippen LogP contribution in [0.1, 0.15) is 30.3 Å². The molecule has 0 saturated carbocycles. The molecule has 5 heteroatoms. The smallest absolute Gasteiger partial charge is 0.270 e. The molecular formula is C13H20N4O. The van der Waals surface area contributed by atoms with Crippen molar-refractivity contribution in [1.29, 1.82) is 0 Å². The first-order chi connectivity index (χ1) is 8.65. The lowest BCUT2D eigenvalue weighted by Gasteiger charge is -2.42. The molecule has 0 radical (unpaired) electrons. The van der Waals surface area contributed by atoms with Crippen LogP contribution in [0.15, 0.2) is 12.3 Å². The monoisotopic (exact) mass is 248 g/mol. The Morgan fingerprint density at radius 3 is 3.06 bits per heavy atom. The fraction of sp³-hybridized carbons (Fsp3) is 0.615. The second-order valence-corrected chi connectivity index (χ2v) is 5.44. The largest absolute Gasteiger partial charge is 0.397 e. The lowest BCUT2D eigenvalue weighted by molar-refractivity contribution is 0.0391. The Morgan fingerprint density at radius 1 is 1.50 bits per heavy atom. The van der Waals surface area contributed by atoms with Crippen molar-refractivity contribution in [3.05, 3.63) is 18.0 Å². The number of aromatic nitrogens is 1. The molecule has 1 aromatic heterocycles. The number of carbonyl (C=O) groups is 1. The molecule has 3 rings (SSSR count). The van der Waals surface area contributed by atoms with Gasteiger partial charge in [-0.2, -0.15) is 0 Å². The van der Waals surface area contributed by atoms with Crippen molar-refractivity contribution in [2.45, 2.75) is 31.8 Å². The minimum Gasteiger partial charge on any atom is -0.397 e. The lowest BCUT2D eigenvalue weighted by Crippen LogP contribution is -2.56. The van der Waals surface area contributed by atoms with Crippen LogP contribution in [0.4, 0.5) is 5.69 Å². The van der Waals surface area contributed by atoms with Crippen LogP contribution in [0.5, 0.6) is 0 Å². The number of hydrogen-bond acceptors (Lipinski definition) is 3. The summed E-state index contributed by atoms with van der Waals surface area (Å²) in [7, 11) is 0. The first kappa shape index (κ1) is 11.6. The minimum atomic E-state index is 0.0748. The van der Waals surface area contributed by atoms with Gasteiger partial charge in [-0.05, 0) is 32.4 Å². The van der Waals surface area contributed by atoms with E-state index in [1.54, 1.807) is 12.3 Å². The Labute approximate surface area is 107 Å². The number of carbonyl (C=O) groups excluding carboxylic acids is 1. The average molecular weight is 248 g/mol. The van der Waals surface area contributed by atoms with Gasteiger partial charge in [0.1, 0.15) is 5.69 Å². The second kappa shape index (κ2) is 4.31. The number of nitrogens with two attached hydrogens (primary N) is 1. The molecule has 2 atom stereocenters. The molecule has 0 aromatic carbocycles. The molecule has 1 aromatic rings. The molecule has 0 spiro atoms. The summed E-state index contributed by atoms with van der Waals surface area (Å²) in [6, 6.07) is 2.55. The van der Waals surface area contributed by atoms with Crippen molar-refractivity contribution < 1.29 is 4.79 Å². The molecule has 18 heavy (non-hydrogen) atoms. The summed E-state index contributed by atoms with van der Waals surface area (Å²) in [5, 5.41) is 0. The highest BCUT2D eigenvalue weighted by Gasteiger charge is 2.36. The Hall–Kier alpha value is -1.49. The third-order valence-corrected chi connectivity index (χ3v) is 4.13. The topological polar surface area (TPSA) is 65.4 Å². The maximum absolute atomic E-state index is 12.4. The highest BCUT2D eigenvalue weighted by molar-refractivity contribution is 5.93. The van der Waals surface area contributed by atoms with E-state index in [1.807, 2.05) is 4.90 Å². The summed E-state index contributed by atoms with van der Waals surface area (Å²) in [5.41, 5.74) is 6.87. The van der Waals surface area contributed by atoms with Gasteiger partial charge in [0.25, 0.3) is 5.91 Å². The quantitative estimate of drug-likeness (QED) is 0.776. The molecule has 2 unspecified atom stereocenters. The molecule has 0 aliphatic carbocycles.